The molecule has 4 atom stereocenters. The third-order valence-corrected chi connectivity index (χ3v) is 5.81. The van der Waals surface area contributed by atoms with E-state index < -0.39 is 0 Å². The molecule has 0 aromatic carbocycles. The highest BCUT2D eigenvalue weighted by atomic mass is 31.0. The lowest BCUT2D eigenvalue weighted by atomic mass is 9.86. The van der Waals surface area contributed by atoms with E-state index in [1.54, 1.807) is 10.9 Å². The molecule has 0 radical (unpaired) electrons. The van der Waals surface area contributed by atoms with Crippen molar-refractivity contribution in [2.24, 2.45) is 16.5 Å². The SMILES string of the molecule is NC1=NC2CCCC(N)(P)CCCCC2c2nc(-c3ccco3)nn21. The van der Waals surface area contributed by atoms with Crippen LogP contribution < -0.4 is 11.5 Å². The summed E-state index contributed by atoms with van der Waals surface area (Å²) in [5.41, 5.74) is 12.5. The number of rotatable bonds is 1. The summed E-state index contributed by atoms with van der Waals surface area (Å²) in [6, 6.07) is 3.85. The van der Waals surface area contributed by atoms with Crippen LogP contribution in [-0.2, 0) is 0 Å². The van der Waals surface area contributed by atoms with Gasteiger partial charge < -0.3 is 15.9 Å². The van der Waals surface area contributed by atoms with E-state index in [1.807, 2.05) is 12.1 Å². The van der Waals surface area contributed by atoms with E-state index in [0.717, 1.165) is 50.8 Å². The summed E-state index contributed by atoms with van der Waals surface area (Å²) in [5.74, 6) is 2.81. The van der Waals surface area contributed by atoms with Crippen molar-refractivity contribution in [2.75, 3.05) is 0 Å². The molecule has 1 aliphatic carbocycles. The smallest absolute Gasteiger partial charge is 0.218 e. The van der Waals surface area contributed by atoms with Crippen LogP contribution in [0.4, 0.5) is 0 Å². The molecule has 8 heteroatoms. The van der Waals surface area contributed by atoms with Gasteiger partial charge in [-0.2, -0.15) is 4.68 Å². The van der Waals surface area contributed by atoms with Crippen molar-refractivity contribution in [1.82, 2.24) is 14.8 Å². The van der Waals surface area contributed by atoms with Gasteiger partial charge in [0.25, 0.3) is 0 Å². The number of furan rings is 1. The summed E-state index contributed by atoms with van der Waals surface area (Å²) >= 11 is 0. The average Bonchev–Trinajstić information content (AvgIpc) is 3.22. The minimum atomic E-state index is -0.150. The highest BCUT2D eigenvalue weighted by Gasteiger charge is 2.34. The molecule has 2 aromatic rings. The third kappa shape index (κ3) is 3.35. The first kappa shape index (κ1) is 16.7. The fraction of sp³-hybridized carbons (Fsp3) is 0.588. The second kappa shape index (κ2) is 6.54. The molecule has 0 bridgehead atoms. The van der Waals surface area contributed by atoms with E-state index in [2.05, 4.69) is 14.3 Å². The number of hydrogen-bond acceptors (Lipinski definition) is 6. The second-order valence-electron chi connectivity index (χ2n) is 7.22. The third-order valence-electron chi connectivity index (χ3n) is 5.23. The first-order valence-corrected chi connectivity index (χ1v) is 9.53. The van der Waals surface area contributed by atoms with Gasteiger partial charge in [-0.05, 0) is 44.2 Å². The molecule has 0 amide bonds. The summed E-state index contributed by atoms with van der Waals surface area (Å²) in [5, 5.41) is 4.37. The molecule has 0 spiro atoms. The number of aliphatic imine (C=N–C) groups is 1. The van der Waals surface area contributed by atoms with Gasteiger partial charge in [-0.25, -0.2) is 9.98 Å². The number of hydrogen-bond donors (Lipinski definition) is 2. The van der Waals surface area contributed by atoms with Crippen LogP contribution in [0.15, 0.2) is 27.8 Å². The van der Waals surface area contributed by atoms with Gasteiger partial charge in [0.2, 0.25) is 11.8 Å². The predicted octanol–water partition coefficient (Wildman–Crippen LogP) is 2.44. The Labute approximate surface area is 149 Å². The van der Waals surface area contributed by atoms with Crippen molar-refractivity contribution < 1.29 is 4.42 Å². The van der Waals surface area contributed by atoms with Gasteiger partial charge >= 0.3 is 0 Å². The normalized spacial score (nSPS) is 30.2. The molecule has 3 heterocycles. The Hall–Kier alpha value is -1.72. The van der Waals surface area contributed by atoms with Crippen molar-refractivity contribution in [1.29, 1.82) is 0 Å². The molecule has 4 unspecified atom stereocenters. The first-order chi connectivity index (χ1) is 12.0. The van der Waals surface area contributed by atoms with Gasteiger partial charge in [-0.3, -0.25) is 0 Å². The molecular formula is C17H25N6OP. The number of fused-ring (bicyclic) bond motifs is 3. The van der Waals surface area contributed by atoms with E-state index in [-0.39, 0.29) is 17.2 Å². The summed E-state index contributed by atoms with van der Waals surface area (Å²) in [7, 11) is 2.83. The minimum Gasteiger partial charge on any atom is -0.461 e. The minimum absolute atomic E-state index is 0.150. The van der Waals surface area contributed by atoms with Crippen LogP contribution in [0.5, 0.6) is 0 Å². The van der Waals surface area contributed by atoms with Crippen LogP contribution in [0.1, 0.15) is 56.7 Å². The van der Waals surface area contributed by atoms with Crippen LogP contribution in [0.25, 0.3) is 11.6 Å². The van der Waals surface area contributed by atoms with E-state index >= 15 is 0 Å². The van der Waals surface area contributed by atoms with Crippen LogP contribution in [-0.4, -0.2) is 32.0 Å². The standard InChI is InChI=1S/C17H25N6OP/c18-16-20-12-6-3-9-17(19,25)8-2-1-5-11(12)15-21-14(22-23(15)16)13-7-4-10-24-13/h4,7,10-12H,1-3,5-6,8-9,19,25H2,(H2,18,20). The second-order valence-corrected chi connectivity index (χ2v) is 8.36. The molecule has 25 heavy (non-hydrogen) atoms. The quantitative estimate of drug-likeness (QED) is 0.759. The van der Waals surface area contributed by atoms with Gasteiger partial charge in [0, 0.05) is 11.2 Å². The van der Waals surface area contributed by atoms with Crippen molar-refractivity contribution in [3.63, 3.8) is 0 Å². The Morgan fingerprint density at radius 1 is 1.24 bits per heavy atom. The maximum atomic E-state index is 6.36. The average molecular weight is 360 g/mol. The summed E-state index contributed by atoms with van der Waals surface area (Å²) in [6.45, 7) is 0. The van der Waals surface area contributed by atoms with Crippen molar-refractivity contribution in [3.05, 3.63) is 24.2 Å². The van der Waals surface area contributed by atoms with E-state index in [4.69, 9.17) is 25.9 Å². The zero-order chi connectivity index (χ0) is 17.4. The first-order valence-electron chi connectivity index (χ1n) is 8.96. The van der Waals surface area contributed by atoms with Gasteiger partial charge in [0.05, 0.1) is 12.3 Å². The Morgan fingerprint density at radius 2 is 2.08 bits per heavy atom. The highest BCUT2D eigenvalue weighted by molar-refractivity contribution is 7.18. The molecule has 1 fully saturated rings. The summed E-state index contributed by atoms with van der Waals surface area (Å²) in [4.78, 5) is 9.49. The molecule has 4 N–H and O–H groups in total. The Kier molecular flexibility index (Phi) is 4.38. The topological polar surface area (TPSA) is 108 Å². The molecule has 1 aliphatic heterocycles. The van der Waals surface area contributed by atoms with E-state index in [0.29, 0.717) is 17.5 Å². The van der Waals surface area contributed by atoms with Gasteiger partial charge in [0.1, 0.15) is 5.82 Å². The Bertz CT molecular complexity index is 766. The van der Waals surface area contributed by atoms with Gasteiger partial charge in [-0.15, -0.1) is 14.3 Å². The zero-order valence-corrected chi connectivity index (χ0v) is 15.4. The van der Waals surface area contributed by atoms with Crippen LogP contribution >= 0.6 is 9.24 Å². The summed E-state index contributed by atoms with van der Waals surface area (Å²) in [6.07, 6.45) is 8.90. The number of nitrogens with two attached hydrogens (primary N) is 2. The fourth-order valence-corrected chi connectivity index (χ4v) is 4.31. The van der Waals surface area contributed by atoms with Gasteiger partial charge in [-0.1, -0.05) is 12.8 Å². The van der Waals surface area contributed by atoms with Crippen LogP contribution in [0, 0.1) is 0 Å². The molecule has 1 saturated carbocycles. The van der Waals surface area contributed by atoms with Crippen LogP contribution in [0.2, 0.25) is 0 Å². The fourth-order valence-electron chi connectivity index (χ4n) is 3.90. The van der Waals surface area contributed by atoms with Crippen molar-refractivity contribution in [3.8, 4) is 11.6 Å². The van der Waals surface area contributed by atoms with Crippen molar-refractivity contribution >= 4 is 15.2 Å². The number of aromatic nitrogens is 3. The molecule has 2 aliphatic rings. The molecule has 0 saturated heterocycles. The monoisotopic (exact) mass is 360 g/mol. The Morgan fingerprint density at radius 3 is 2.88 bits per heavy atom. The lowest BCUT2D eigenvalue weighted by Gasteiger charge is -2.32. The largest absolute Gasteiger partial charge is 0.461 e. The van der Waals surface area contributed by atoms with Gasteiger partial charge in [0.15, 0.2) is 5.76 Å². The molecular weight excluding hydrogens is 335 g/mol. The molecule has 2 aromatic heterocycles. The van der Waals surface area contributed by atoms with E-state index in [1.165, 1.54) is 0 Å². The maximum Gasteiger partial charge on any atom is 0.218 e. The molecule has 134 valence electrons. The molecule has 7 nitrogen and oxygen atoms in total. The van der Waals surface area contributed by atoms with Crippen molar-refractivity contribution in [2.45, 2.75) is 62.2 Å². The maximum absolute atomic E-state index is 6.36. The Balaban J connectivity index is 1.64. The highest BCUT2D eigenvalue weighted by Crippen LogP contribution is 2.37. The summed E-state index contributed by atoms with van der Waals surface area (Å²) < 4.78 is 7.13. The lowest BCUT2D eigenvalue weighted by Crippen LogP contribution is -2.38. The molecule has 4 rings (SSSR count). The zero-order valence-electron chi connectivity index (χ0n) is 14.3. The lowest BCUT2D eigenvalue weighted by molar-refractivity contribution is 0.364. The van der Waals surface area contributed by atoms with E-state index in [9.17, 15) is 0 Å². The predicted molar refractivity (Wildman–Crippen MR) is 100 cm³/mol. The van der Waals surface area contributed by atoms with Crippen LogP contribution in [0.3, 0.4) is 0 Å². The number of nitrogens with zero attached hydrogens (tertiary/aromatic N) is 4.